The maximum absolute atomic E-state index is 11.0. The summed E-state index contributed by atoms with van der Waals surface area (Å²) < 4.78 is 12.0. The first-order valence-corrected chi connectivity index (χ1v) is 13.7. The summed E-state index contributed by atoms with van der Waals surface area (Å²) in [5.74, 6) is 0.176. The van der Waals surface area contributed by atoms with Crippen molar-refractivity contribution >= 4 is 5.97 Å². The Bertz CT molecular complexity index is 798. The molecule has 35 heavy (non-hydrogen) atoms. The first-order valence-electron chi connectivity index (χ1n) is 13.7. The fourth-order valence-corrected chi connectivity index (χ4v) is 6.20. The molecule has 3 aliphatic rings. The minimum absolute atomic E-state index is 0.000430. The predicted octanol–water partition coefficient (Wildman–Crippen LogP) is 4.90. The first kappa shape index (κ1) is 26.3. The summed E-state index contributed by atoms with van der Waals surface area (Å²) in [6.07, 6.45) is 13.6. The Morgan fingerprint density at radius 3 is 2.54 bits per heavy atom. The van der Waals surface area contributed by atoms with Crippen LogP contribution in [0.1, 0.15) is 81.3 Å². The molecule has 1 aromatic rings. The summed E-state index contributed by atoms with van der Waals surface area (Å²) >= 11 is 0. The normalized spacial score (nSPS) is 28.6. The Balaban J connectivity index is 1.35. The van der Waals surface area contributed by atoms with E-state index >= 15 is 0 Å². The third-order valence-electron chi connectivity index (χ3n) is 8.11. The van der Waals surface area contributed by atoms with Crippen molar-refractivity contribution in [2.24, 2.45) is 5.92 Å². The van der Waals surface area contributed by atoms with Crippen LogP contribution in [0.4, 0.5) is 0 Å². The van der Waals surface area contributed by atoms with E-state index in [-0.39, 0.29) is 24.5 Å². The second-order valence-electron chi connectivity index (χ2n) is 10.5. The highest BCUT2D eigenvalue weighted by Gasteiger charge is 2.45. The third kappa shape index (κ3) is 7.63. The number of unbranched alkanes of at least 4 members (excludes halogenated alkanes) is 1. The molecule has 2 N–H and O–H groups in total. The summed E-state index contributed by atoms with van der Waals surface area (Å²) in [4.78, 5) is 13.1. The van der Waals surface area contributed by atoms with Crippen molar-refractivity contribution in [2.45, 2.75) is 95.0 Å². The number of hydrogen-bond acceptors (Lipinski definition) is 5. The molecule has 1 aliphatic heterocycles. The molecule has 4 rings (SSSR count). The van der Waals surface area contributed by atoms with Crippen LogP contribution in [-0.2, 0) is 20.9 Å². The van der Waals surface area contributed by atoms with Gasteiger partial charge in [-0.05, 0) is 49.1 Å². The van der Waals surface area contributed by atoms with Crippen LogP contribution in [0.25, 0.3) is 0 Å². The smallest absolute Gasteiger partial charge is 0.303 e. The van der Waals surface area contributed by atoms with Crippen molar-refractivity contribution in [1.82, 2.24) is 4.90 Å². The average molecular weight is 486 g/mol. The Labute approximate surface area is 210 Å². The van der Waals surface area contributed by atoms with Gasteiger partial charge in [0.1, 0.15) is 0 Å². The molecule has 0 radical (unpaired) electrons. The number of allylic oxidation sites excluding steroid dienone is 2. The molecule has 2 aliphatic carbocycles. The van der Waals surface area contributed by atoms with E-state index in [0.29, 0.717) is 38.6 Å². The number of nitrogens with zero attached hydrogens (tertiary/aromatic N) is 1. The maximum Gasteiger partial charge on any atom is 0.303 e. The van der Waals surface area contributed by atoms with Crippen molar-refractivity contribution in [1.29, 1.82) is 0 Å². The van der Waals surface area contributed by atoms with Gasteiger partial charge in [-0.1, -0.05) is 55.7 Å². The highest BCUT2D eigenvalue weighted by atomic mass is 16.5. The van der Waals surface area contributed by atoms with Crippen LogP contribution in [0.3, 0.4) is 0 Å². The third-order valence-corrected chi connectivity index (χ3v) is 8.11. The van der Waals surface area contributed by atoms with Crippen LogP contribution in [0.2, 0.25) is 0 Å². The Morgan fingerprint density at radius 1 is 1.09 bits per heavy atom. The van der Waals surface area contributed by atoms with Crippen LogP contribution in [-0.4, -0.2) is 65.6 Å². The lowest BCUT2D eigenvalue weighted by molar-refractivity contribution is -0.137. The van der Waals surface area contributed by atoms with Gasteiger partial charge >= 0.3 is 5.97 Å². The first-order chi connectivity index (χ1) is 17.1. The fraction of sp³-hybridized carbons (Fsp3) is 0.690. The lowest BCUT2D eigenvalue weighted by atomic mass is 9.84. The Hall–Kier alpha value is -1.73. The number of carboxylic acids is 1. The van der Waals surface area contributed by atoms with E-state index < -0.39 is 12.1 Å². The monoisotopic (exact) mass is 485 g/mol. The van der Waals surface area contributed by atoms with E-state index in [1.807, 2.05) is 0 Å². The van der Waals surface area contributed by atoms with Crippen molar-refractivity contribution in [3.8, 4) is 0 Å². The number of aliphatic hydroxyl groups excluding tert-OH is 1. The number of aliphatic hydroxyl groups is 1. The molecule has 194 valence electrons. The lowest BCUT2D eigenvalue weighted by Gasteiger charge is -2.37. The van der Waals surface area contributed by atoms with Gasteiger partial charge in [0.05, 0.1) is 32.0 Å². The average Bonchev–Trinajstić information content (AvgIpc) is 3.20. The molecule has 6 heteroatoms. The van der Waals surface area contributed by atoms with Crippen molar-refractivity contribution < 1.29 is 24.5 Å². The number of morpholine rings is 1. The minimum Gasteiger partial charge on any atom is -0.481 e. The molecular formula is C29H43NO5. The molecule has 0 aromatic heterocycles. The summed E-state index contributed by atoms with van der Waals surface area (Å²) in [5, 5.41) is 19.8. The number of carboxylic acid groups (broad SMARTS) is 1. The van der Waals surface area contributed by atoms with Crippen molar-refractivity contribution in [3.63, 3.8) is 0 Å². The van der Waals surface area contributed by atoms with E-state index in [9.17, 15) is 9.90 Å². The molecule has 0 bridgehead atoms. The largest absolute Gasteiger partial charge is 0.481 e. The fourth-order valence-electron chi connectivity index (χ4n) is 6.20. The summed E-state index contributed by atoms with van der Waals surface area (Å²) in [7, 11) is 0. The minimum atomic E-state index is -0.745. The van der Waals surface area contributed by atoms with Gasteiger partial charge in [0.25, 0.3) is 0 Å². The lowest BCUT2D eigenvalue weighted by Crippen LogP contribution is -2.50. The molecule has 0 unspecified atom stereocenters. The predicted molar refractivity (Wildman–Crippen MR) is 136 cm³/mol. The number of carbonyl (C=O) groups is 1. The molecule has 0 amide bonds. The number of benzene rings is 1. The van der Waals surface area contributed by atoms with E-state index in [4.69, 9.17) is 14.6 Å². The molecule has 0 spiro atoms. The van der Waals surface area contributed by atoms with Gasteiger partial charge in [0, 0.05) is 37.9 Å². The molecule has 1 aromatic carbocycles. The molecular weight excluding hydrogens is 442 g/mol. The Kier molecular flexibility index (Phi) is 10.2. The van der Waals surface area contributed by atoms with Gasteiger partial charge in [-0.15, -0.1) is 0 Å². The second kappa shape index (κ2) is 13.5. The molecule has 1 saturated heterocycles. The van der Waals surface area contributed by atoms with E-state index in [0.717, 1.165) is 25.9 Å². The van der Waals surface area contributed by atoms with Crippen LogP contribution < -0.4 is 0 Å². The van der Waals surface area contributed by atoms with E-state index in [2.05, 4.69) is 41.3 Å². The van der Waals surface area contributed by atoms with Gasteiger partial charge in [0.15, 0.2) is 0 Å². The van der Waals surface area contributed by atoms with Crippen molar-refractivity contribution in [3.05, 3.63) is 47.5 Å². The summed E-state index contributed by atoms with van der Waals surface area (Å²) in [5.41, 5.74) is 2.65. The van der Waals surface area contributed by atoms with E-state index in [1.54, 1.807) is 0 Å². The van der Waals surface area contributed by atoms with Crippen LogP contribution >= 0.6 is 0 Å². The number of hydrogen-bond donors (Lipinski definition) is 2. The SMILES string of the molecule is O=C(O)CCCC=CC[C@@H]1[C@@H](N2CCOCC2)[C@H](O)C[C@@H]1OCc1ccc(C2CCCCC2)cc1. The quantitative estimate of drug-likeness (QED) is 0.343. The van der Waals surface area contributed by atoms with Crippen molar-refractivity contribution in [2.75, 3.05) is 26.3 Å². The van der Waals surface area contributed by atoms with Gasteiger partial charge in [0.2, 0.25) is 0 Å². The number of ether oxygens (including phenoxy) is 2. The summed E-state index contributed by atoms with van der Waals surface area (Å²) in [6.45, 7) is 3.67. The zero-order chi connectivity index (χ0) is 24.5. The molecule has 4 atom stereocenters. The molecule has 1 heterocycles. The highest BCUT2D eigenvalue weighted by molar-refractivity contribution is 5.66. The zero-order valence-electron chi connectivity index (χ0n) is 21.0. The topological polar surface area (TPSA) is 79.2 Å². The van der Waals surface area contributed by atoms with Gasteiger partial charge < -0.3 is 19.7 Å². The second-order valence-corrected chi connectivity index (χ2v) is 10.5. The molecule has 3 fully saturated rings. The summed E-state index contributed by atoms with van der Waals surface area (Å²) in [6, 6.07) is 9.07. The van der Waals surface area contributed by atoms with Crippen LogP contribution in [0.15, 0.2) is 36.4 Å². The molecule has 2 saturated carbocycles. The van der Waals surface area contributed by atoms with Crippen LogP contribution in [0, 0.1) is 5.92 Å². The number of rotatable bonds is 11. The maximum atomic E-state index is 11.0. The highest BCUT2D eigenvalue weighted by Crippen LogP contribution is 2.37. The van der Waals surface area contributed by atoms with E-state index in [1.165, 1.54) is 43.2 Å². The van der Waals surface area contributed by atoms with Gasteiger partial charge in [-0.3, -0.25) is 9.69 Å². The standard InChI is InChI=1S/C29H43NO5/c31-26-20-27(35-21-22-12-14-24(15-13-22)23-8-4-3-5-9-23)25(10-6-1-2-7-11-28(32)33)29(26)30-16-18-34-19-17-30/h1,6,12-15,23,25-27,29,31H,2-5,7-11,16-21H2,(H,32,33)/t25-,26+,27-,29+/m0/s1. The van der Waals surface area contributed by atoms with Gasteiger partial charge in [-0.2, -0.15) is 0 Å². The number of aliphatic carboxylic acids is 1. The van der Waals surface area contributed by atoms with Gasteiger partial charge in [-0.25, -0.2) is 0 Å². The molecule has 6 nitrogen and oxygen atoms in total. The Morgan fingerprint density at radius 2 is 1.83 bits per heavy atom. The van der Waals surface area contributed by atoms with Crippen LogP contribution in [0.5, 0.6) is 0 Å². The zero-order valence-corrected chi connectivity index (χ0v) is 21.0.